The zero-order chi connectivity index (χ0) is 13.9. The van der Waals surface area contributed by atoms with E-state index in [4.69, 9.17) is 0 Å². The van der Waals surface area contributed by atoms with Gasteiger partial charge in [-0.25, -0.2) is 9.67 Å². The fourth-order valence-electron chi connectivity index (χ4n) is 2.30. The number of hydrogen-bond acceptors (Lipinski definition) is 3. The molecule has 0 N–H and O–H groups in total. The highest BCUT2D eigenvalue weighted by Crippen LogP contribution is 2.16. The Kier molecular flexibility index (Phi) is 3.29. The zero-order valence-corrected chi connectivity index (χ0v) is 11.3. The molecule has 0 spiro atoms. The fourth-order valence-corrected chi connectivity index (χ4v) is 2.30. The average Bonchev–Trinajstić information content (AvgIpc) is 2.94. The Morgan fingerprint density at radius 1 is 1.15 bits per heavy atom. The van der Waals surface area contributed by atoms with Gasteiger partial charge in [0, 0.05) is 12.1 Å². The lowest BCUT2D eigenvalue weighted by atomic mass is 10.0. The number of hydrogen-bond donors (Lipinski definition) is 0. The van der Waals surface area contributed by atoms with Crippen LogP contribution in [0.3, 0.4) is 0 Å². The van der Waals surface area contributed by atoms with Crippen molar-refractivity contribution in [1.29, 1.82) is 0 Å². The van der Waals surface area contributed by atoms with Crippen LogP contribution >= 0.6 is 0 Å². The van der Waals surface area contributed by atoms with E-state index in [1.807, 2.05) is 49.4 Å². The van der Waals surface area contributed by atoms with Crippen LogP contribution in [0.25, 0.3) is 10.8 Å². The zero-order valence-electron chi connectivity index (χ0n) is 11.3. The first-order valence-corrected chi connectivity index (χ1v) is 6.66. The van der Waals surface area contributed by atoms with Crippen molar-refractivity contribution in [1.82, 2.24) is 14.8 Å². The molecule has 20 heavy (non-hydrogen) atoms. The van der Waals surface area contributed by atoms with Crippen LogP contribution in [0.15, 0.2) is 48.8 Å². The number of rotatable bonds is 4. The van der Waals surface area contributed by atoms with Gasteiger partial charge in [0.2, 0.25) is 0 Å². The fraction of sp³-hybridized carbons (Fsp3) is 0.188. The molecule has 0 radical (unpaired) electrons. The summed E-state index contributed by atoms with van der Waals surface area (Å²) >= 11 is 0. The quantitative estimate of drug-likeness (QED) is 0.681. The predicted molar refractivity (Wildman–Crippen MR) is 77.7 cm³/mol. The highest BCUT2D eigenvalue weighted by Gasteiger charge is 2.12. The van der Waals surface area contributed by atoms with E-state index in [0.29, 0.717) is 11.4 Å². The van der Waals surface area contributed by atoms with E-state index in [-0.39, 0.29) is 12.2 Å². The van der Waals surface area contributed by atoms with Gasteiger partial charge in [0.25, 0.3) is 0 Å². The molecule has 4 heteroatoms. The lowest BCUT2D eigenvalue weighted by molar-refractivity contribution is 0.0989. The second kappa shape index (κ2) is 5.25. The molecular weight excluding hydrogens is 250 g/mol. The smallest absolute Gasteiger partial charge is 0.170 e. The van der Waals surface area contributed by atoms with Crippen LogP contribution in [-0.4, -0.2) is 20.5 Å². The minimum Gasteiger partial charge on any atom is -0.294 e. The lowest BCUT2D eigenvalue weighted by Crippen LogP contribution is -2.10. The molecule has 1 aromatic heterocycles. The van der Waals surface area contributed by atoms with E-state index < -0.39 is 0 Å². The first kappa shape index (κ1) is 12.5. The summed E-state index contributed by atoms with van der Waals surface area (Å²) in [7, 11) is 0. The third-order valence-corrected chi connectivity index (χ3v) is 3.39. The van der Waals surface area contributed by atoms with Gasteiger partial charge in [0.15, 0.2) is 5.78 Å². The predicted octanol–water partition coefficient (Wildman–Crippen LogP) is 2.88. The molecular formula is C16H15N3O. The summed E-state index contributed by atoms with van der Waals surface area (Å²) < 4.78 is 1.75. The first-order chi connectivity index (χ1) is 9.78. The van der Waals surface area contributed by atoms with Gasteiger partial charge in [-0.1, -0.05) is 36.4 Å². The Morgan fingerprint density at radius 3 is 2.75 bits per heavy atom. The minimum atomic E-state index is 0.0680. The number of aryl methyl sites for hydroxylation is 1. The van der Waals surface area contributed by atoms with Gasteiger partial charge in [-0.05, 0) is 23.8 Å². The van der Waals surface area contributed by atoms with Crippen LogP contribution in [0.5, 0.6) is 0 Å². The maximum Gasteiger partial charge on any atom is 0.170 e. The molecule has 0 aliphatic carbocycles. The number of carbonyl (C=O) groups excluding carboxylic acids is 1. The Balaban J connectivity index is 1.89. The molecule has 3 aromatic rings. The number of benzene rings is 2. The van der Waals surface area contributed by atoms with Gasteiger partial charge < -0.3 is 0 Å². The van der Waals surface area contributed by atoms with Crippen molar-refractivity contribution in [3.8, 4) is 0 Å². The maximum atomic E-state index is 12.3. The van der Waals surface area contributed by atoms with Crippen LogP contribution in [0, 0.1) is 0 Å². The van der Waals surface area contributed by atoms with Crippen LogP contribution in [-0.2, 0) is 13.0 Å². The van der Waals surface area contributed by atoms with Crippen molar-refractivity contribution in [2.45, 2.75) is 19.9 Å². The Labute approximate surface area is 117 Å². The number of Topliss-reactive ketones (excluding diaryl/α,β-unsaturated/α-hetero) is 1. The van der Waals surface area contributed by atoms with Crippen molar-refractivity contribution in [2.24, 2.45) is 0 Å². The summed E-state index contributed by atoms with van der Waals surface area (Å²) in [4.78, 5) is 16.5. The summed E-state index contributed by atoms with van der Waals surface area (Å²) in [6.07, 6.45) is 1.78. The monoisotopic (exact) mass is 265 g/mol. The number of aromatic nitrogens is 3. The van der Waals surface area contributed by atoms with Gasteiger partial charge in [0.05, 0.1) is 6.42 Å². The van der Waals surface area contributed by atoms with E-state index in [9.17, 15) is 4.79 Å². The van der Waals surface area contributed by atoms with Crippen LogP contribution in [0.2, 0.25) is 0 Å². The maximum absolute atomic E-state index is 12.3. The average molecular weight is 265 g/mol. The molecule has 0 bridgehead atoms. The number of nitrogens with zero attached hydrogens (tertiary/aromatic N) is 3. The highest BCUT2D eigenvalue weighted by atomic mass is 16.1. The number of ketones is 1. The van der Waals surface area contributed by atoms with Gasteiger partial charge in [-0.3, -0.25) is 4.79 Å². The summed E-state index contributed by atoms with van der Waals surface area (Å²) in [6, 6.07) is 13.8. The van der Waals surface area contributed by atoms with Crippen molar-refractivity contribution < 1.29 is 4.79 Å². The third-order valence-electron chi connectivity index (χ3n) is 3.39. The molecule has 0 aliphatic rings. The second-order valence-electron chi connectivity index (χ2n) is 4.65. The second-order valence-corrected chi connectivity index (χ2v) is 4.65. The van der Waals surface area contributed by atoms with Crippen molar-refractivity contribution in [3.05, 3.63) is 60.2 Å². The SMILES string of the molecule is CCn1ncnc1CC(=O)c1ccc2ccccc2c1. The molecule has 0 saturated carbocycles. The minimum absolute atomic E-state index is 0.0680. The Morgan fingerprint density at radius 2 is 1.95 bits per heavy atom. The van der Waals surface area contributed by atoms with Gasteiger partial charge >= 0.3 is 0 Å². The van der Waals surface area contributed by atoms with E-state index in [1.54, 1.807) is 4.68 Å². The summed E-state index contributed by atoms with van der Waals surface area (Å²) in [6.45, 7) is 2.71. The molecule has 0 atom stereocenters. The summed E-state index contributed by atoms with van der Waals surface area (Å²) in [5.41, 5.74) is 0.717. The molecule has 3 rings (SSSR count). The molecule has 0 aliphatic heterocycles. The molecule has 0 fully saturated rings. The highest BCUT2D eigenvalue weighted by molar-refractivity contribution is 6.00. The largest absolute Gasteiger partial charge is 0.294 e. The van der Waals surface area contributed by atoms with Crippen molar-refractivity contribution in [2.75, 3.05) is 0 Å². The van der Waals surface area contributed by atoms with Gasteiger partial charge in [-0.15, -0.1) is 0 Å². The molecule has 100 valence electrons. The normalized spacial score (nSPS) is 10.8. The van der Waals surface area contributed by atoms with Crippen LogP contribution in [0.4, 0.5) is 0 Å². The topological polar surface area (TPSA) is 47.8 Å². The van der Waals surface area contributed by atoms with Gasteiger partial charge in [-0.2, -0.15) is 5.10 Å². The lowest BCUT2D eigenvalue weighted by Gasteiger charge is -2.04. The summed E-state index contributed by atoms with van der Waals surface area (Å²) in [5.74, 6) is 0.782. The third kappa shape index (κ3) is 2.32. The van der Waals surface area contributed by atoms with Crippen LogP contribution < -0.4 is 0 Å². The number of fused-ring (bicyclic) bond motifs is 1. The molecule has 2 aromatic carbocycles. The van der Waals surface area contributed by atoms with E-state index in [1.165, 1.54) is 6.33 Å². The molecule has 4 nitrogen and oxygen atoms in total. The van der Waals surface area contributed by atoms with Crippen LogP contribution in [0.1, 0.15) is 23.1 Å². The Hall–Kier alpha value is -2.49. The van der Waals surface area contributed by atoms with Crippen molar-refractivity contribution in [3.63, 3.8) is 0 Å². The standard InChI is InChI=1S/C16H15N3O/c1-2-19-16(17-11-18-19)10-15(20)14-8-7-12-5-3-4-6-13(12)9-14/h3-9,11H,2,10H2,1H3. The number of carbonyl (C=O) groups is 1. The Bertz CT molecular complexity index is 761. The summed E-state index contributed by atoms with van der Waals surface area (Å²) in [5, 5.41) is 6.30. The van der Waals surface area contributed by atoms with E-state index >= 15 is 0 Å². The van der Waals surface area contributed by atoms with E-state index in [2.05, 4.69) is 10.1 Å². The molecule has 0 unspecified atom stereocenters. The van der Waals surface area contributed by atoms with Crippen molar-refractivity contribution >= 4 is 16.6 Å². The molecule has 1 heterocycles. The molecule has 0 amide bonds. The van der Waals surface area contributed by atoms with Gasteiger partial charge in [0.1, 0.15) is 12.2 Å². The molecule has 0 saturated heterocycles. The first-order valence-electron chi connectivity index (χ1n) is 6.66. The van der Waals surface area contributed by atoms with E-state index in [0.717, 1.165) is 17.3 Å².